The lowest BCUT2D eigenvalue weighted by molar-refractivity contribution is -0.143. The second kappa shape index (κ2) is 9.37. The third-order valence-electron chi connectivity index (χ3n) is 5.18. The molecule has 2 heterocycles. The van der Waals surface area contributed by atoms with Crippen molar-refractivity contribution in [2.24, 2.45) is 4.99 Å². The fraction of sp³-hybridized carbons (Fsp3) is 0.240. The highest BCUT2D eigenvalue weighted by Crippen LogP contribution is 2.31. The number of hydrogen-bond acceptors (Lipinski definition) is 6. The highest BCUT2D eigenvalue weighted by molar-refractivity contribution is 7.07. The first-order valence-corrected chi connectivity index (χ1v) is 11.6. The Bertz CT molecular complexity index is 1400. The zero-order chi connectivity index (χ0) is 23.7. The summed E-state index contributed by atoms with van der Waals surface area (Å²) in [6.07, 6.45) is 1.50. The number of ether oxygens (including phenoxy) is 2. The number of carbonyl (C=O) groups is 1. The number of halogens is 1. The monoisotopic (exact) mass is 482 g/mol. The van der Waals surface area contributed by atoms with Crippen molar-refractivity contribution in [3.05, 3.63) is 95.6 Å². The minimum absolute atomic E-state index is 0.225. The molecule has 0 radical (unpaired) electrons. The number of aromatic nitrogens is 1. The van der Waals surface area contributed by atoms with Crippen LogP contribution in [0.25, 0.3) is 6.08 Å². The number of benzene rings is 2. The van der Waals surface area contributed by atoms with Crippen molar-refractivity contribution < 1.29 is 14.3 Å². The van der Waals surface area contributed by atoms with Gasteiger partial charge in [0.2, 0.25) is 0 Å². The Morgan fingerprint density at radius 1 is 1.15 bits per heavy atom. The maximum atomic E-state index is 13.5. The van der Waals surface area contributed by atoms with E-state index in [4.69, 9.17) is 21.1 Å². The average molecular weight is 483 g/mol. The van der Waals surface area contributed by atoms with Gasteiger partial charge in [0.1, 0.15) is 5.75 Å². The molecule has 3 aromatic rings. The van der Waals surface area contributed by atoms with Crippen molar-refractivity contribution in [1.29, 1.82) is 0 Å². The lowest BCUT2D eigenvalue weighted by Crippen LogP contribution is -2.40. The van der Waals surface area contributed by atoms with Crippen LogP contribution in [0, 0.1) is 0 Å². The minimum atomic E-state index is -0.661. The largest absolute Gasteiger partial charge is 0.497 e. The molecule has 1 aliphatic rings. The molecule has 1 aromatic heterocycles. The third-order valence-corrected chi connectivity index (χ3v) is 6.42. The molecule has 2 aromatic carbocycles. The van der Waals surface area contributed by atoms with Gasteiger partial charge in [-0.3, -0.25) is 9.36 Å². The molecule has 0 saturated carbocycles. The second-order valence-corrected chi connectivity index (χ2v) is 9.31. The molecule has 0 aliphatic carbocycles. The summed E-state index contributed by atoms with van der Waals surface area (Å²) in [7, 11) is 1.59. The van der Waals surface area contributed by atoms with E-state index >= 15 is 0 Å². The summed E-state index contributed by atoms with van der Waals surface area (Å²) >= 11 is 7.27. The summed E-state index contributed by atoms with van der Waals surface area (Å²) in [4.78, 5) is 31.7. The third kappa shape index (κ3) is 4.65. The zero-order valence-electron chi connectivity index (χ0n) is 18.7. The molecule has 4 rings (SSSR count). The highest BCUT2D eigenvalue weighted by atomic mass is 35.5. The van der Waals surface area contributed by atoms with Crippen molar-refractivity contribution in [2.45, 2.75) is 32.9 Å². The van der Waals surface area contributed by atoms with E-state index in [2.05, 4.69) is 4.99 Å². The molecule has 0 saturated heterocycles. The molecule has 8 heteroatoms. The van der Waals surface area contributed by atoms with Gasteiger partial charge in [0.25, 0.3) is 5.56 Å². The van der Waals surface area contributed by atoms with E-state index in [1.54, 1.807) is 62.8 Å². The van der Waals surface area contributed by atoms with E-state index in [0.717, 1.165) is 11.1 Å². The first-order valence-electron chi connectivity index (χ1n) is 10.4. The summed E-state index contributed by atoms with van der Waals surface area (Å²) in [6, 6.07) is 13.9. The van der Waals surface area contributed by atoms with Gasteiger partial charge in [-0.1, -0.05) is 47.2 Å². The molecule has 170 valence electrons. The number of fused-ring (bicyclic) bond motifs is 1. The first-order chi connectivity index (χ1) is 15.8. The molecule has 1 aliphatic heterocycles. The number of thiazole rings is 1. The Hall–Kier alpha value is -3.16. The molecule has 6 nitrogen and oxygen atoms in total. The normalized spacial score (nSPS) is 15.9. The van der Waals surface area contributed by atoms with Crippen LogP contribution in [0.15, 0.2) is 69.6 Å². The number of esters is 1. The first kappa shape index (κ1) is 23.0. The van der Waals surface area contributed by atoms with E-state index in [0.29, 0.717) is 31.4 Å². The number of hydrogen-bond donors (Lipinski definition) is 0. The van der Waals surface area contributed by atoms with E-state index < -0.39 is 12.0 Å². The lowest BCUT2D eigenvalue weighted by atomic mass is 9.96. The van der Waals surface area contributed by atoms with Gasteiger partial charge in [-0.15, -0.1) is 0 Å². The molecule has 0 bridgehead atoms. The Labute approximate surface area is 200 Å². The Balaban J connectivity index is 1.92. The molecule has 0 amide bonds. The van der Waals surface area contributed by atoms with Crippen LogP contribution < -0.4 is 19.6 Å². The van der Waals surface area contributed by atoms with Crippen LogP contribution in [0.2, 0.25) is 5.02 Å². The molecule has 1 atom stereocenters. The van der Waals surface area contributed by atoms with Crippen LogP contribution in [-0.4, -0.2) is 23.8 Å². The number of allylic oxidation sites excluding steroid dienone is 1. The maximum absolute atomic E-state index is 13.5. The van der Waals surface area contributed by atoms with E-state index in [1.807, 2.05) is 24.3 Å². The smallest absolute Gasteiger partial charge is 0.338 e. The van der Waals surface area contributed by atoms with Crippen LogP contribution in [-0.2, 0) is 9.53 Å². The number of methoxy groups -OCH3 is 1. The highest BCUT2D eigenvalue weighted by Gasteiger charge is 2.33. The second-order valence-electron chi connectivity index (χ2n) is 7.86. The number of carbonyl (C=O) groups excluding carboxylic acids is 1. The van der Waals surface area contributed by atoms with Crippen LogP contribution in [0.3, 0.4) is 0 Å². The Morgan fingerprint density at radius 2 is 1.82 bits per heavy atom. The lowest BCUT2D eigenvalue weighted by Gasteiger charge is -2.25. The molecular weight excluding hydrogens is 460 g/mol. The molecule has 0 spiro atoms. The van der Waals surface area contributed by atoms with E-state index in [9.17, 15) is 9.59 Å². The van der Waals surface area contributed by atoms with Crippen LogP contribution in [0.4, 0.5) is 0 Å². The quantitative estimate of drug-likeness (QED) is 0.518. The molecule has 33 heavy (non-hydrogen) atoms. The number of rotatable bonds is 5. The van der Waals surface area contributed by atoms with Gasteiger partial charge >= 0.3 is 5.97 Å². The van der Waals surface area contributed by atoms with Crippen molar-refractivity contribution in [1.82, 2.24) is 4.57 Å². The van der Waals surface area contributed by atoms with E-state index in [1.165, 1.54) is 11.3 Å². The standard InChI is InChI=1S/C25H23ClN2O4S/c1-14(2)32-24(30)21-15(3)27-25-28(22(21)17-7-11-19(31-4)12-8-17)23(29)20(33-25)13-16-5-9-18(26)10-6-16/h5-14,22H,1-4H3/b20-13-/t22-/m1/s1. The maximum Gasteiger partial charge on any atom is 0.338 e. The summed E-state index contributed by atoms with van der Waals surface area (Å²) in [5.74, 6) is 0.194. The van der Waals surface area contributed by atoms with E-state index in [-0.39, 0.29) is 11.7 Å². The van der Waals surface area contributed by atoms with Crippen molar-refractivity contribution in [2.75, 3.05) is 7.11 Å². The summed E-state index contributed by atoms with van der Waals surface area (Å²) in [5, 5.41) is 0.622. The fourth-order valence-electron chi connectivity index (χ4n) is 3.67. The summed E-state index contributed by atoms with van der Waals surface area (Å²) in [5.41, 5.74) is 2.26. The minimum Gasteiger partial charge on any atom is -0.497 e. The van der Waals surface area contributed by atoms with Gasteiger partial charge in [0.05, 0.1) is 35.1 Å². The van der Waals surface area contributed by atoms with Gasteiger partial charge in [0, 0.05) is 5.02 Å². The van der Waals surface area contributed by atoms with Crippen molar-refractivity contribution >= 4 is 35.0 Å². The number of nitrogens with zero attached hydrogens (tertiary/aromatic N) is 2. The predicted octanol–water partition coefficient (Wildman–Crippen LogP) is 3.85. The van der Waals surface area contributed by atoms with Gasteiger partial charge < -0.3 is 9.47 Å². The SMILES string of the molecule is COc1ccc([C@@H]2C(C(=O)OC(C)C)=C(C)N=c3s/c(=C\c4ccc(Cl)cc4)c(=O)n32)cc1. The van der Waals surface area contributed by atoms with Crippen LogP contribution in [0.1, 0.15) is 37.9 Å². The van der Waals surface area contributed by atoms with Gasteiger partial charge in [-0.25, -0.2) is 9.79 Å². The van der Waals surface area contributed by atoms with Gasteiger partial charge in [-0.05, 0) is 62.2 Å². The zero-order valence-corrected chi connectivity index (χ0v) is 20.2. The van der Waals surface area contributed by atoms with Crippen molar-refractivity contribution in [3.63, 3.8) is 0 Å². The average Bonchev–Trinajstić information content (AvgIpc) is 3.08. The Morgan fingerprint density at radius 3 is 2.42 bits per heavy atom. The Kier molecular flexibility index (Phi) is 6.54. The summed E-state index contributed by atoms with van der Waals surface area (Å²) < 4.78 is 12.9. The molecular formula is C25H23ClN2O4S. The van der Waals surface area contributed by atoms with Gasteiger partial charge in [-0.2, -0.15) is 0 Å². The fourth-order valence-corrected chi connectivity index (χ4v) is 4.84. The van der Waals surface area contributed by atoms with Gasteiger partial charge in [0.15, 0.2) is 4.80 Å². The van der Waals surface area contributed by atoms with Crippen LogP contribution in [0.5, 0.6) is 5.75 Å². The summed E-state index contributed by atoms with van der Waals surface area (Å²) in [6.45, 7) is 5.35. The molecule has 0 fully saturated rings. The predicted molar refractivity (Wildman–Crippen MR) is 129 cm³/mol. The topological polar surface area (TPSA) is 69.9 Å². The van der Waals surface area contributed by atoms with Crippen molar-refractivity contribution in [3.8, 4) is 5.75 Å². The molecule has 0 N–H and O–H groups in total. The van der Waals surface area contributed by atoms with Crippen LogP contribution >= 0.6 is 22.9 Å². The molecule has 0 unspecified atom stereocenters.